The van der Waals surface area contributed by atoms with Gasteiger partial charge in [-0.05, 0) is 35.7 Å². The fourth-order valence-electron chi connectivity index (χ4n) is 2.98. The Morgan fingerprint density at radius 1 is 1.18 bits per heavy atom. The largest absolute Gasteiger partial charge is 0.493 e. The molecule has 6 nitrogen and oxygen atoms in total. The van der Waals surface area contributed by atoms with E-state index in [-0.39, 0.29) is 5.91 Å². The van der Waals surface area contributed by atoms with Gasteiger partial charge in [0.15, 0.2) is 11.5 Å². The van der Waals surface area contributed by atoms with E-state index in [0.29, 0.717) is 30.0 Å². The van der Waals surface area contributed by atoms with Gasteiger partial charge >= 0.3 is 0 Å². The van der Waals surface area contributed by atoms with Crippen LogP contribution < -0.4 is 14.8 Å². The minimum atomic E-state index is -0.177. The zero-order valence-electron chi connectivity index (χ0n) is 16.0. The number of carbonyl (C=O) groups is 1. The average molecular weight is 377 g/mol. The zero-order chi connectivity index (χ0) is 19.9. The van der Waals surface area contributed by atoms with Crippen molar-refractivity contribution >= 4 is 5.91 Å². The number of ether oxygens (including phenoxy) is 2. The molecule has 0 aliphatic rings. The number of carbonyl (C=O) groups excluding carboxylic acids is 1. The number of rotatable bonds is 8. The number of nitrogens with zero attached hydrogens (tertiary/aromatic N) is 1. The number of allylic oxidation sites excluding steroid dienone is 1. The Hall–Kier alpha value is -3.54. The Labute approximate surface area is 164 Å². The number of aromatic amines is 1. The second kappa shape index (κ2) is 8.90. The van der Waals surface area contributed by atoms with Crippen molar-refractivity contribution in [1.82, 2.24) is 15.5 Å². The summed E-state index contributed by atoms with van der Waals surface area (Å²) in [6.45, 7) is 4.18. The van der Waals surface area contributed by atoms with Gasteiger partial charge in [0.2, 0.25) is 0 Å². The number of H-pyrrole nitrogens is 1. The summed E-state index contributed by atoms with van der Waals surface area (Å²) in [6.07, 6.45) is 4.06. The predicted octanol–water partition coefficient (Wildman–Crippen LogP) is 3.75. The first-order valence-corrected chi connectivity index (χ1v) is 8.89. The molecule has 1 amide bonds. The minimum absolute atomic E-state index is 0.177. The van der Waals surface area contributed by atoms with E-state index in [2.05, 4.69) is 22.1 Å². The molecule has 0 bridgehead atoms. The van der Waals surface area contributed by atoms with Crippen molar-refractivity contribution in [2.45, 2.75) is 13.0 Å². The van der Waals surface area contributed by atoms with Crippen molar-refractivity contribution in [3.05, 3.63) is 78.0 Å². The van der Waals surface area contributed by atoms with Gasteiger partial charge in [0.25, 0.3) is 5.91 Å². The molecule has 1 heterocycles. The Kier molecular flexibility index (Phi) is 6.11. The topological polar surface area (TPSA) is 76.2 Å². The van der Waals surface area contributed by atoms with Crippen LogP contribution in [0.15, 0.2) is 61.3 Å². The second-order valence-corrected chi connectivity index (χ2v) is 6.21. The number of hydrogen-bond acceptors (Lipinski definition) is 4. The maximum absolute atomic E-state index is 12.6. The summed E-state index contributed by atoms with van der Waals surface area (Å²) in [4.78, 5) is 12.6. The van der Waals surface area contributed by atoms with Crippen LogP contribution in [0.25, 0.3) is 11.3 Å². The second-order valence-electron chi connectivity index (χ2n) is 6.21. The number of benzene rings is 2. The molecule has 2 N–H and O–H groups in total. The van der Waals surface area contributed by atoms with Crippen molar-refractivity contribution in [2.24, 2.45) is 0 Å². The van der Waals surface area contributed by atoms with Crippen LogP contribution in [-0.2, 0) is 13.0 Å². The van der Waals surface area contributed by atoms with Crippen LogP contribution in [0.2, 0.25) is 0 Å². The van der Waals surface area contributed by atoms with Gasteiger partial charge in [-0.2, -0.15) is 5.10 Å². The number of nitrogens with one attached hydrogen (secondary N) is 2. The van der Waals surface area contributed by atoms with Gasteiger partial charge < -0.3 is 14.8 Å². The molecule has 6 heteroatoms. The zero-order valence-corrected chi connectivity index (χ0v) is 16.0. The van der Waals surface area contributed by atoms with Gasteiger partial charge in [-0.15, -0.1) is 6.58 Å². The van der Waals surface area contributed by atoms with Gasteiger partial charge in [-0.1, -0.05) is 30.3 Å². The SMILES string of the molecule is C=CCc1cc(C(=O)NCc2ccc(-c3ccn[nH]3)cc2)cc(OC)c1OC. The highest BCUT2D eigenvalue weighted by Crippen LogP contribution is 2.33. The van der Waals surface area contributed by atoms with Gasteiger partial charge in [0, 0.05) is 23.9 Å². The van der Waals surface area contributed by atoms with Crippen molar-refractivity contribution in [1.29, 1.82) is 0 Å². The molecule has 0 unspecified atom stereocenters. The van der Waals surface area contributed by atoms with E-state index in [4.69, 9.17) is 9.47 Å². The Morgan fingerprint density at radius 2 is 1.96 bits per heavy atom. The van der Waals surface area contributed by atoms with E-state index in [9.17, 15) is 4.79 Å². The van der Waals surface area contributed by atoms with Crippen LogP contribution in [0.4, 0.5) is 0 Å². The standard InChI is InChI=1S/C22H23N3O3/c1-4-5-17-12-18(13-20(27-2)21(17)28-3)22(26)23-14-15-6-8-16(9-7-15)19-10-11-24-25-19/h4,6-13H,1,5,14H2,2-3H3,(H,23,26)(H,24,25). The van der Waals surface area contributed by atoms with Crippen LogP contribution in [0.1, 0.15) is 21.5 Å². The summed E-state index contributed by atoms with van der Waals surface area (Å²) in [6, 6.07) is 13.3. The van der Waals surface area contributed by atoms with E-state index in [0.717, 1.165) is 22.4 Å². The van der Waals surface area contributed by atoms with Gasteiger partial charge in [-0.3, -0.25) is 9.89 Å². The summed E-state index contributed by atoms with van der Waals surface area (Å²) < 4.78 is 10.8. The first-order valence-electron chi connectivity index (χ1n) is 8.89. The highest BCUT2D eigenvalue weighted by molar-refractivity contribution is 5.95. The molecule has 2 aromatic carbocycles. The number of aromatic nitrogens is 2. The molecule has 0 aliphatic heterocycles. The van der Waals surface area contributed by atoms with Crippen molar-refractivity contribution in [3.63, 3.8) is 0 Å². The van der Waals surface area contributed by atoms with E-state index in [1.54, 1.807) is 38.6 Å². The normalized spacial score (nSPS) is 10.4. The van der Waals surface area contributed by atoms with E-state index < -0.39 is 0 Å². The third-order valence-corrected chi connectivity index (χ3v) is 4.40. The lowest BCUT2D eigenvalue weighted by Crippen LogP contribution is -2.23. The predicted molar refractivity (Wildman–Crippen MR) is 109 cm³/mol. The fraction of sp³-hybridized carbons (Fsp3) is 0.182. The summed E-state index contributed by atoms with van der Waals surface area (Å²) in [5, 5.41) is 9.83. The first kappa shape index (κ1) is 19.2. The number of hydrogen-bond donors (Lipinski definition) is 2. The highest BCUT2D eigenvalue weighted by Gasteiger charge is 2.15. The Balaban J connectivity index is 1.72. The lowest BCUT2D eigenvalue weighted by atomic mass is 10.0. The fourth-order valence-corrected chi connectivity index (χ4v) is 2.98. The highest BCUT2D eigenvalue weighted by atomic mass is 16.5. The number of amides is 1. The summed E-state index contributed by atoms with van der Waals surface area (Å²) in [5.41, 5.74) is 4.37. The monoisotopic (exact) mass is 377 g/mol. The lowest BCUT2D eigenvalue weighted by molar-refractivity contribution is 0.0950. The van der Waals surface area contributed by atoms with Crippen molar-refractivity contribution in [2.75, 3.05) is 14.2 Å². The Bertz CT molecular complexity index is 948. The molecule has 0 aliphatic carbocycles. The lowest BCUT2D eigenvalue weighted by Gasteiger charge is -2.14. The van der Waals surface area contributed by atoms with Crippen molar-refractivity contribution in [3.8, 4) is 22.8 Å². The van der Waals surface area contributed by atoms with Crippen molar-refractivity contribution < 1.29 is 14.3 Å². The maximum atomic E-state index is 12.6. The first-order chi connectivity index (χ1) is 13.7. The van der Waals surface area contributed by atoms with E-state index in [1.807, 2.05) is 30.3 Å². The van der Waals surface area contributed by atoms with Gasteiger partial charge in [-0.25, -0.2) is 0 Å². The molecule has 0 saturated carbocycles. The minimum Gasteiger partial charge on any atom is -0.493 e. The quantitative estimate of drug-likeness (QED) is 0.586. The maximum Gasteiger partial charge on any atom is 0.251 e. The van der Waals surface area contributed by atoms with Crippen LogP contribution >= 0.6 is 0 Å². The molecular weight excluding hydrogens is 354 g/mol. The smallest absolute Gasteiger partial charge is 0.251 e. The Morgan fingerprint density at radius 3 is 2.57 bits per heavy atom. The molecule has 0 spiro atoms. The molecule has 3 rings (SSSR count). The average Bonchev–Trinajstić information content (AvgIpc) is 3.27. The van der Waals surface area contributed by atoms with Gasteiger partial charge in [0.1, 0.15) is 0 Å². The van der Waals surface area contributed by atoms with E-state index >= 15 is 0 Å². The van der Waals surface area contributed by atoms with E-state index in [1.165, 1.54) is 0 Å². The molecule has 0 saturated heterocycles. The summed E-state index contributed by atoms with van der Waals surface area (Å²) in [5.74, 6) is 0.966. The molecule has 144 valence electrons. The van der Waals surface area contributed by atoms with Crippen LogP contribution in [-0.4, -0.2) is 30.3 Å². The molecule has 28 heavy (non-hydrogen) atoms. The van der Waals surface area contributed by atoms with Crippen LogP contribution in [0.5, 0.6) is 11.5 Å². The van der Waals surface area contributed by atoms with Crippen LogP contribution in [0.3, 0.4) is 0 Å². The van der Waals surface area contributed by atoms with Crippen LogP contribution in [0, 0.1) is 0 Å². The third-order valence-electron chi connectivity index (χ3n) is 4.40. The molecule has 0 radical (unpaired) electrons. The van der Waals surface area contributed by atoms with Gasteiger partial charge in [0.05, 0.1) is 19.9 Å². The summed E-state index contributed by atoms with van der Waals surface area (Å²) >= 11 is 0. The molecule has 1 aromatic heterocycles. The third kappa shape index (κ3) is 4.23. The molecule has 0 fully saturated rings. The molecule has 3 aromatic rings. The number of methoxy groups -OCH3 is 2. The molecule has 0 atom stereocenters. The molecular formula is C22H23N3O3. The summed E-state index contributed by atoms with van der Waals surface area (Å²) in [7, 11) is 3.13.